The van der Waals surface area contributed by atoms with Crippen LogP contribution in [0.4, 0.5) is 0 Å². The van der Waals surface area contributed by atoms with Crippen LogP contribution in [0.5, 0.6) is 0 Å². The molecule has 0 spiro atoms. The van der Waals surface area contributed by atoms with Gasteiger partial charge in [-0.15, -0.1) is 0 Å². The van der Waals surface area contributed by atoms with Gasteiger partial charge in [-0.2, -0.15) is 0 Å². The van der Waals surface area contributed by atoms with Crippen LogP contribution < -0.4 is 0 Å². The Morgan fingerprint density at radius 2 is 1.73 bits per heavy atom. The normalized spacial score (nSPS) is 10.7. The zero-order valence-corrected chi connectivity index (χ0v) is 10.1. The monoisotopic (exact) mass is 214 g/mol. The molecule has 0 amide bonds. The Bertz CT molecular complexity index is 221. The molecule has 2 N–H and O–H groups in total. The molecule has 0 saturated heterocycles. The minimum absolute atomic E-state index is 0.207. The number of hydrogen-bond acceptors (Lipinski definition) is 2. The highest BCUT2D eigenvalue weighted by molar-refractivity contribution is 5.62. The molecule has 0 rings (SSSR count). The predicted molar refractivity (Wildman–Crippen MR) is 62.7 cm³/mol. The van der Waals surface area contributed by atoms with Crippen molar-refractivity contribution in [3.63, 3.8) is 0 Å². The fourth-order valence-corrected chi connectivity index (χ4v) is 0.810. The fraction of sp³-hybridized carbons (Fsp3) is 0.583. The second-order valence-electron chi connectivity index (χ2n) is 3.76. The second kappa shape index (κ2) is 9.46. The molecule has 0 aromatic carbocycles. The summed E-state index contributed by atoms with van der Waals surface area (Å²) in [4.78, 5) is 9.00. The van der Waals surface area contributed by atoms with Crippen molar-refractivity contribution in [2.24, 2.45) is 5.92 Å². The summed E-state index contributed by atoms with van der Waals surface area (Å²) in [5, 5.41) is 16.3. The van der Waals surface area contributed by atoms with Gasteiger partial charge in [0.15, 0.2) is 0 Å². The molecular weight excluding hydrogens is 192 g/mol. The summed E-state index contributed by atoms with van der Waals surface area (Å²) in [5.74, 6) is -0.593. The number of aliphatic carboxylic acids is 1. The van der Waals surface area contributed by atoms with Gasteiger partial charge >= 0.3 is 0 Å². The molecule has 0 saturated carbocycles. The number of aliphatic hydroxyl groups is 1. The van der Waals surface area contributed by atoms with Gasteiger partial charge < -0.3 is 10.2 Å². The number of carboxylic acid groups (broad SMARTS) is 1. The predicted octanol–water partition coefficient (Wildman–Crippen LogP) is 2.62. The van der Waals surface area contributed by atoms with E-state index in [9.17, 15) is 0 Å². The molecule has 0 aliphatic carbocycles. The van der Waals surface area contributed by atoms with E-state index in [4.69, 9.17) is 15.0 Å². The summed E-state index contributed by atoms with van der Waals surface area (Å²) in [5.41, 5.74) is 2.36. The zero-order chi connectivity index (χ0) is 12.4. The molecule has 0 bridgehead atoms. The van der Waals surface area contributed by atoms with Crippen LogP contribution in [0.2, 0.25) is 0 Å². The molecule has 1 atom stereocenters. The number of aliphatic hydroxyl groups excluding tert-OH is 1. The van der Waals surface area contributed by atoms with Crippen LogP contribution in [0.25, 0.3) is 0 Å². The van der Waals surface area contributed by atoms with Gasteiger partial charge in [0.05, 0.1) is 0 Å². The average molecular weight is 214 g/mol. The maximum atomic E-state index is 9.00. The Balaban J connectivity index is 0. The summed E-state index contributed by atoms with van der Waals surface area (Å²) in [7, 11) is 0. The van der Waals surface area contributed by atoms with Gasteiger partial charge in [0.25, 0.3) is 5.97 Å². The average Bonchev–Trinajstić information content (AvgIpc) is 2.02. The molecule has 0 aliphatic rings. The van der Waals surface area contributed by atoms with E-state index in [1.54, 1.807) is 0 Å². The first-order valence-electron chi connectivity index (χ1n) is 4.90. The van der Waals surface area contributed by atoms with Crippen LogP contribution in [0.15, 0.2) is 23.8 Å². The van der Waals surface area contributed by atoms with Crippen LogP contribution in [0.1, 0.15) is 34.1 Å². The van der Waals surface area contributed by atoms with E-state index in [0.717, 1.165) is 18.9 Å². The van der Waals surface area contributed by atoms with Gasteiger partial charge in [-0.1, -0.05) is 23.8 Å². The smallest absolute Gasteiger partial charge is 0.300 e. The third kappa shape index (κ3) is 15.6. The van der Waals surface area contributed by atoms with Gasteiger partial charge in [-0.05, 0) is 27.2 Å². The lowest BCUT2D eigenvalue weighted by Gasteiger charge is -2.10. The maximum Gasteiger partial charge on any atom is 0.300 e. The quantitative estimate of drug-likeness (QED) is 0.707. The van der Waals surface area contributed by atoms with Gasteiger partial charge in [-0.3, -0.25) is 4.79 Å². The van der Waals surface area contributed by atoms with Crippen LogP contribution in [0.3, 0.4) is 0 Å². The first kappa shape index (κ1) is 16.3. The van der Waals surface area contributed by atoms with Crippen molar-refractivity contribution < 1.29 is 15.0 Å². The van der Waals surface area contributed by atoms with Gasteiger partial charge in [-0.25, -0.2) is 0 Å². The zero-order valence-electron chi connectivity index (χ0n) is 10.1. The van der Waals surface area contributed by atoms with Crippen molar-refractivity contribution in [2.75, 3.05) is 6.61 Å². The summed E-state index contributed by atoms with van der Waals surface area (Å²) in [6.45, 7) is 11.2. The molecular formula is C12H22O3. The molecule has 0 aromatic heterocycles. The van der Waals surface area contributed by atoms with E-state index in [0.29, 0.717) is 0 Å². The van der Waals surface area contributed by atoms with Crippen LogP contribution in [-0.2, 0) is 4.79 Å². The van der Waals surface area contributed by atoms with Crippen molar-refractivity contribution in [2.45, 2.75) is 34.1 Å². The van der Waals surface area contributed by atoms with Gasteiger partial charge in [0, 0.05) is 19.4 Å². The van der Waals surface area contributed by atoms with Crippen molar-refractivity contribution in [1.29, 1.82) is 0 Å². The molecule has 0 unspecified atom stereocenters. The Kier molecular flexibility index (Phi) is 10.3. The third-order valence-corrected chi connectivity index (χ3v) is 1.73. The van der Waals surface area contributed by atoms with E-state index in [2.05, 4.69) is 26.5 Å². The molecule has 3 heteroatoms. The van der Waals surface area contributed by atoms with E-state index in [-0.39, 0.29) is 12.5 Å². The molecule has 0 aromatic rings. The lowest BCUT2D eigenvalue weighted by atomic mass is 9.98. The van der Waals surface area contributed by atoms with E-state index in [1.165, 1.54) is 5.57 Å². The van der Waals surface area contributed by atoms with Crippen LogP contribution in [0, 0.1) is 5.92 Å². The molecule has 88 valence electrons. The molecule has 3 nitrogen and oxygen atoms in total. The Morgan fingerprint density at radius 3 is 1.93 bits per heavy atom. The highest BCUT2D eigenvalue weighted by atomic mass is 16.4. The Hall–Kier alpha value is -1.09. The first-order valence-corrected chi connectivity index (χ1v) is 4.90. The molecule has 0 aliphatic heterocycles. The summed E-state index contributed by atoms with van der Waals surface area (Å²) in [6.07, 6.45) is 3.05. The number of rotatable bonds is 4. The molecule has 0 fully saturated rings. The van der Waals surface area contributed by atoms with Crippen molar-refractivity contribution in [1.82, 2.24) is 0 Å². The highest BCUT2D eigenvalue weighted by Crippen LogP contribution is 2.13. The minimum Gasteiger partial charge on any atom is -0.481 e. The second-order valence-corrected chi connectivity index (χ2v) is 3.76. The molecule has 0 radical (unpaired) electrons. The van der Waals surface area contributed by atoms with E-state index >= 15 is 0 Å². The van der Waals surface area contributed by atoms with Crippen molar-refractivity contribution in [3.8, 4) is 0 Å². The Morgan fingerprint density at radius 1 is 1.33 bits per heavy atom. The van der Waals surface area contributed by atoms with Crippen LogP contribution in [-0.4, -0.2) is 22.8 Å². The summed E-state index contributed by atoms with van der Waals surface area (Å²) in [6, 6.07) is 0. The summed E-state index contributed by atoms with van der Waals surface area (Å²) < 4.78 is 0. The number of carboxylic acids is 1. The standard InChI is InChI=1S/C10H18O.C2H4O2/c1-8(2)5-6-10(7-11)9(3)4;1-2(3)4/h5,10-11H,3,6-7H2,1-2,4H3;1H3,(H,3,4)/t10-;/m0./s1. The topological polar surface area (TPSA) is 57.5 Å². The molecule has 0 heterocycles. The van der Waals surface area contributed by atoms with E-state index in [1.807, 2.05) is 6.92 Å². The van der Waals surface area contributed by atoms with Crippen molar-refractivity contribution >= 4 is 5.97 Å². The van der Waals surface area contributed by atoms with E-state index < -0.39 is 5.97 Å². The Labute approximate surface area is 92.1 Å². The maximum absolute atomic E-state index is 9.00. The third-order valence-electron chi connectivity index (χ3n) is 1.73. The van der Waals surface area contributed by atoms with Gasteiger partial charge in [0.1, 0.15) is 0 Å². The lowest BCUT2D eigenvalue weighted by Crippen LogP contribution is -2.05. The largest absolute Gasteiger partial charge is 0.481 e. The highest BCUT2D eigenvalue weighted by Gasteiger charge is 2.04. The van der Waals surface area contributed by atoms with Crippen molar-refractivity contribution in [3.05, 3.63) is 23.8 Å². The number of carbonyl (C=O) groups is 1. The number of hydrogen-bond donors (Lipinski definition) is 2. The SMILES string of the molecule is C=C(C)[C@H](CO)CC=C(C)C.CC(=O)O. The minimum atomic E-state index is -0.833. The number of allylic oxidation sites excluding steroid dienone is 2. The molecule has 15 heavy (non-hydrogen) atoms. The fourth-order valence-electron chi connectivity index (χ4n) is 0.810. The summed E-state index contributed by atoms with van der Waals surface area (Å²) >= 11 is 0. The first-order chi connectivity index (χ1) is 6.81. The lowest BCUT2D eigenvalue weighted by molar-refractivity contribution is -0.134. The van der Waals surface area contributed by atoms with Gasteiger partial charge in [0.2, 0.25) is 0 Å². The van der Waals surface area contributed by atoms with Crippen LogP contribution >= 0.6 is 0 Å².